The maximum atomic E-state index is 6.16. The van der Waals surface area contributed by atoms with Gasteiger partial charge in [-0.15, -0.1) is 0 Å². The van der Waals surface area contributed by atoms with Gasteiger partial charge in [-0.05, 0) is 66.6 Å². The summed E-state index contributed by atoms with van der Waals surface area (Å²) in [4.78, 5) is 0. The van der Waals surface area contributed by atoms with Crippen LogP contribution in [0.15, 0.2) is 97.1 Å². The molecule has 0 heterocycles. The zero-order valence-corrected chi connectivity index (χ0v) is 16.8. The second-order valence-electron chi connectivity index (χ2n) is 7.85. The van der Waals surface area contributed by atoms with E-state index >= 15 is 0 Å². The summed E-state index contributed by atoms with van der Waals surface area (Å²) in [5.74, 6) is 3.24. The number of fused-ring (bicyclic) bond motifs is 2. The van der Waals surface area contributed by atoms with Gasteiger partial charge in [0.1, 0.15) is 5.75 Å². The summed E-state index contributed by atoms with van der Waals surface area (Å²) < 4.78 is 6.16. The van der Waals surface area contributed by atoms with Crippen LogP contribution in [-0.4, -0.2) is 6.61 Å². The van der Waals surface area contributed by atoms with E-state index in [9.17, 15) is 0 Å². The van der Waals surface area contributed by atoms with E-state index in [0.29, 0.717) is 5.92 Å². The molecule has 2 aliphatic carbocycles. The molecule has 1 nitrogen and oxygen atoms in total. The van der Waals surface area contributed by atoms with E-state index < -0.39 is 7.92 Å². The molecule has 3 unspecified atom stereocenters. The number of hydrogen-bond donors (Lipinski definition) is 0. The lowest BCUT2D eigenvalue weighted by Gasteiger charge is -2.21. The Morgan fingerprint density at radius 1 is 0.679 bits per heavy atom. The van der Waals surface area contributed by atoms with Crippen molar-refractivity contribution in [3.63, 3.8) is 0 Å². The molecule has 2 aliphatic rings. The van der Waals surface area contributed by atoms with Crippen LogP contribution >= 0.6 is 7.92 Å². The molecule has 0 spiro atoms. The van der Waals surface area contributed by atoms with Crippen LogP contribution in [-0.2, 0) is 0 Å². The summed E-state index contributed by atoms with van der Waals surface area (Å²) in [6.07, 6.45) is 7.43. The Balaban J connectivity index is 1.34. The molecule has 2 heteroatoms. The molecule has 0 amide bonds. The zero-order valence-electron chi connectivity index (χ0n) is 15.9. The molecule has 0 aliphatic heterocycles. The topological polar surface area (TPSA) is 9.23 Å². The number of rotatable bonds is 6. The predicted octanol–water partition coefficient (Wildman–Crippen LogP) is 5.04. The van der Waals surface area contributed by atoms with Crippen molar-refractivity contribution in [1.82, 2.24) is 0 Å². The van der Waals surface area contributed by atoms with E-state index in [1.807, 2.05) is 0 Å². The summed E-state index contributed by atoms with van der Waals surface area (Å²) in [6.45, 7) is 0.844. The van der Waals surface area contributed by atoms with Crippen molar-refractivity contribution in [1.29, 1.82) is 0 Å². The molecule has 3 aromatic carbocycles. The first-order valence-electron chi connectivity index (χ1n) is 10.2. The van der Waals surface area contributed by atoms with Crippen LogP contribution < -0.4 is 20.7 Å². The van der Waals surface area contributed by atoms with E-state index in [1.54, 1.807) is 0 Å². The van der Waals surface area contributed by atoms with Gasteiger partial charge < -0.3 is 4.74 Å². The third-order valence-electron chi connectivity index (χ3n) is 6.00. The second kappa shape index (κ2) is 7.94. The fourth-order valence-corrected chi connectivity index (χ4v) is 6.86. The summed E-state index contributed by atoms with van der Waals surface area (Å²) in [5.41, 5.74) is 0. The lowest BCUT2D eigenvalue weighted by Crippen LogP contribution is -2.20. The van der Waals surface area contributed by atoms with Gasteiger partial charge in [-0.1, -0.05) is 84.9 Å². The van der Waals surface area contributed by atoms with Gasteiger partial charge in [0.05, 0.1) is 6.61 Å². The van der Waals surface area contributed by atoms with Crippen molar-refractivity contribution in [2.45, 2.75) is 12.8 Å². The summed E-state index contributed by atoms with van der Waals surface area (Å²) in [7, 11) is -0.545. The standard InChI is InChI=1S/C26H25OP/c1-3-7-24(8-4-1)28(25-9-5-2-6-10-25)26-15-13-23(14-16-26)27-19-22-18-20-11-12-21(22)17-20/h1-16,20-22H,17-19H2. The first kappa shape index (κ1) is 17.7. The molecule has 3 atom stereocenters. The molecule has 0 aromatic heterocycles. The Hall–Kier alpha value is -2.37. The van der Waals surface area contributed by atoms with Crippen LogP contribution in [0, 0.1) is 17.8 Å². The molecule has 0 saturated heterocycles. The van der Waals surface area contributed by atoms with Gasteiger partial charge in [0.15, 0.2) is 0 Å². The molecule has 0 radical (unpaired) electrons. The highest BCUT2D eigenvalue weighted by Gasteiger charge is 2.35. The molecule has 5 rings (SSSR count). The van der Waals surface area contributed by atoms with Crippen molar-refractivity contribution in [3.8, 4) is 5.75 Å². The quantitative estimate of drug-likeness (QED) is 0.428. The Morgan fingerprint density at radius 2 is 1.29 bits per heavy atom. The Bertz CT molecular complexity index is 894. The smallest absolute Gasteiger partial charge is 0.119 e. The molecule has 2 bridgehead atoms. The highest BCUT2D eigenvalue weighted by atomic mass is 31.1. The molecular formula is C26H25OP. The Kier molecular flexibility index (Phi) is 5.02. The van der Waals surface area contributed by atoms with Crippen LogP contribution in [0.1, 0.15) is 12.8 Å². The normalized spacial score (nSPS) is 22.7. The van der Waals surface area contributed by atoms with E-state index in [-0.39, 0.29) is 0 Å². The maximum Gasteiger partial charge on any atom is 0.119 e. The average Bonchev–Trinajstić information content (AvgIpc) is 3.38. The minimum Gasteiger partial charge on any atom is -0.493 e. The third kappa shape index (κ3) is 3.64. The van der Waals surface area contributed by atoms with Crippen LogP contribution in [0.2, 0.25) is 0 Å². The predicted molar refractivity (Wildman–Crippen MR) is 119 cm³/mol. The fourth-order valence-electron chi connectivity index (χ4n) is 4.58. The Labute approximate surface area is 168 Å². The van der Waals surface area contributed by atoms with E-state index in [2.05, 4.69) is 97.1 Å². The molecule has 28 heavy (non-hydrogen) atoms. The molecule has 0 N–H and O–H groups in total. The van der Waals surface area contributed by atoms with Gasteiger partial charge in [0.25, 0.3) is 0 Å². The summed E-state index contributed by atoms with van der Waals surface area (Å²) in [5, 5.41) is 4.12. The van der Waals surface area contributed by atoms with Crippen LogP contribution in [0.5, 0.6) is 5.75 Å². The van der Waals surface area contributed by atoms with Crippen molar-refractivity contribution in [3.05, 3.63) is 97.1 Å². The van der Waals surface area contributed by atoms with E-state index in [4.69, 9.17) is 4.74 Å². The van der Waals surface area contributed by atoms with Crippen LogP contribution in [0.25, 0.3) is 0 Å². The number of hydrogen-bond acceptors (Lipinski definition) is 1. The van der Waals surface area contributed by atoms with Crippen LogP contribution in [0.3, 0.4) is 0 Å². The van der Waals surface area contributed by atoms with Crippen molar-refractivity contribution >= 4 is 23.8 Å². The van der Waals surface area contributed by atoms with Crippen molar-refractivity contribution < 1.29 is 4.74 Å². The van der Waals surface area contributed by atoms with Gasteiger partial charge in [0, 0.05) is 0 Å². The molecule has 1 saturated carbocycles. The first-order chi connectivity index (χ1) is 13.9. The van der Waals surface area contributed by atoms with E-state index in [0.717, 1.165) is 24.2 Å². The highest BCUT2D eigenvalue weighted by molar-refractivity contribution is 7.79. The fraction of sp³-hybridized carbons (Fsp3) is 0.231. The number of ether oxygens (including phenoxy) is 1. The minimum absolute atomic E-state index is 0.545. The number of benzene rings is 3. The Morgan fingerprint density at radius 3 is 1.82 bits per heavy atom. The highest BCUT2D eigenvalue weighted by Crippen LogP contribution is 2.43. The maximum absolute atomic E-state index is 6.16. The monoisotopic (exact) mass is 384 g/mol. The van der Waals surface area contributed by atoms with Crippen LogP contribution in [0.4, 0.5) is 0 Å². The van der Waals surface area contributed by atoms with Gasteiger partial charge in [-0.25, -0.2) is 0 Å². The molecule has 140 valence electrons. The average molecular weight is 384 g/mol. The van der Waals surface area contributed by atoms with Gasteiger partial charge in [-0.3, -0.25) is 0 Å². The SMILES string of the molecule is C1=CC2CC1CC2COc1ccc(P(c2ccccc2)c2ccccc2)cc1. The largest absolute Gasteiger partial charge is 0.493 e. The summed E-state index contributed by atoms with van der Waals surface area (Å²) in [6, 6.07) is 30.5. The van der Waals surface area contributed by atoms with Crippen molar-refractivity contribution in [2.75, 3.05) is 6.61 Å². The molecule has 1 fully saturated rings. The first-order valence-corrected chi connectivity index (χ1v) is 11.5. The van der Waals surface area contributed by atoms with E-state index in [1.165, 1.54) is 28.8 Å². The lowest BCUT2D eigenvalue weighted by atomic mass is 9.95. The van der Waals surface area contributed by atoms with Crippen molar-refractivity contribution in [2.24, 2.45) is 17.8 Å². The lowest BCUT2D eigenvalue weighted by molar-refractivity contribution is 0.228. The second-order valence-corrected chi connectivity index (χ2v) is 10.1. The molecule has 3 aromatic rings. The molecular weight excluding hydrogens is 359 g/mol. The van der Waals surface area contributed by atoms with Gasteiger partial charge in [0.2, 0.25) is 0 Å². The summed E-state index contributed by atoms with van der Waals surface area (Å²) >= 11 is 0. The number of allylic oxidation sites excluding steroid dienone is 2. The minimum atomic E-state index is -0.545. The van der Waals surface area contributed by atoms with Gasteiger partial charge in [-0.2, -0.15) is 0 Å². The van der Waals surface area contributed by atoms with Gasteiger partial charge >= 0.3 is 0 Å². The third-order valence-corrected chi connectivity index (χ3v) is 8.45. The zero-order chi connectivity index (χ0) is 18.8.